The summed E-state index contributed by atoms with van der Waals surface area (Å²) in [7, 11) is 5.47. The molecule has 0 fully saturated rings. The Bertz CT molecular complexity index is 622. The summed E-state index contributed by atoms with van der Waals surface area (Å²) in [6.07, 6.45) is 1.63. The highest BCUT2D eigenvalue weighted by Crippen LogP contribution is 2.22. The van der Waals surface area contributed by atoms with Crippen LogP contribution in [0.25, 0.3) is 11.1 Å². The predicted molar refractivity (Wildman–Crippen MR) is 72.4 cm³/mol. The molecule has 0 spiro atoms. The van der Waals surface area contributed by atoms with Gasteiger partial charge in [0.05, 0.1) is 18.3 Å². The molecule has 0 aliphatic heterocycles. The first-order chi connectivity index (χ1) is 9.02. The Balaban J connectivity index is 2.34. The Morgan fingerprint density at radius 1 is 1.53 bits per heavy atom. The first kappa shape index (κ1) is 13.2. The number of ether oxygens (including phenoxy) is 1. The molecule has 0 radical (unpaired) electrons. The fourth-order valence-electron chi connectivity index (χ4n) is 1.77. The second kappa shape index (κ2) is 5.17. The van der Waals surface area contributed by atoms with Crippen molar-refractivity contribution >= 4 is 23.3 Å². The Morgan fingerprint density at radius 3 is 2.84 bits per heavy atom. The lowest BCUT2D eigenvalue weighted by Crippen LogP contribution is -2.09. The lowest BCUT2D eigenvalue weighted by atomic mass is 10.4. The molecule has 0 aromatic carbocycles. The van der Waals surface area contributed by atoms with E-state index in [1.165, 1.54) is 0 Å². The number of rotatable bonds is 4. The zero-order chi connectivity index (χ0) is 14.0. The standard InChI is InChI=1S/C13H17N3O3/c1-5-18-13(17)11-7-12-10(16(11)4)6-9(19-12)8-14-15(2)3/h6-8H,5H2,1-4H3/b14-8+. The van der Waals surface area contributed by atoms with Crippen molar-refractivity contribution in [1.82, 2.24) is 9.58 Å². The van der Waals surface area contributed by atoms with Gasteiger partial charge in [-0.25, -0.2) is 4.79 Å². The van der Waals surface area contributed by atoms with Crippen LogP contribution in [0.1, 0.15) is 23.2 Å². The lowest BCUT2D eigenvalue weighted by molar-refractivity contribution is 0.0515. The van der Waals surface area contributed by atoms with Gasteiger partial charge < -0.3 is 18.7 Å². The van der Waals surface area contributed by atoms with Crippen LogP contribution in [0, 0.1) is 0 Å². The minimum absolute atomic E-state index is 0.347. The Kier molecular flexibility index (Phi) is 3.59. The zero-order valence-corrected chi connectivity index (χ0v) is 11.5. The SMILES string of the molecule is CCOC(=O)c1cc2oc(/C=N/N(C)C)cc2n1C. The number of aryl methyl sites for hydroxylation is 1. The van der Waals surface area contributed by atoms with Crippen molar-refractivity contribution in [3.8, 4) is 0 Å². The summed E-state index contributed by atoms with van der Waals surface area (Å²) in [5.74, 6) is 0.296. The number of hydrogen-bond acceptors (Lipinski definition) is 5. The van der Waals surface area contributed by atoms with Crippen LogP contribution in [0.3, 0.4) is 0 Å². The third-order valence-electron chi connectivity index (χ3n) is 2.65. The number of furan rings is 1. The molecule has 0 saturated heterocycles. The minimum atomic E-state index is -0.347. The molecule has 2 aromatic heterocycles. The van der Waals surface area contributed by atoms with Crippen LogP contribution >= 0.6 is 0 Å². The van der Waals surface area contributed by atoms with Crippen LogP contribution in [-0.2, 0) is 11.8 Å². The monoisotopic (exact) mass is 263 g/mol. The summed E-state index contributed by atoms with van der Waals surface area (Å²) >= 11 is 0. The van der Waals surface area contributed by atoms with E-state index in [-0.39, 0.29) is 5.97 Å². The van der Waals surface area contributed by atoms with Gasteiger partial charge in [-0.3, -0.25) is 0 Å². The molecule has 6 nitrogen and oxygen atoms in total. The molecule has 2 rings (SSSR count). The maximum Gasteiger partial charge on any atom is 0.355 e. The number of aromatic nitrogens is 1. The molecule has 0 atom stereocenters. The van der Waals surface area contributed by atoms with Crippen molar-refractivity contribution in [2.75, 3.05) is 20.7 Å². The van der Waals surface area contributed by atoms with Crippen molar-refractivity contribution in [1.29, 1.82) is 0 Å². The molecule has 2 aromatic rings. The molecule has 0 bridgehead atoms. The topological polar surface area (TPSA) is 60.0 Å². The summed E-state index contributed by atoms with van der Waals surface area (Å²) in [5.41, 5.74) is 1.96. The normalized spacial score (nSPS) is 11.4. The number of hydrazone groups is 1. The van der Waals surface area contributed by atoms with Crippen LogP contribution in [-0.4, -0.2) is 42.5 Å². The summed E-state index contributed by atoms with van der Waals surface area (Å²) in [6.45, 7) is 2.13. The molecule has 0 aliphatic carbocycles. The highest BCUT2D eigenvalue weighted by atomic mass is 16.5. The number of hydrogen-bond donors (Lipinski definition) is 0. The third-order valence-corrected chi connectivity index (χ3v) is 2.65. The summed E-state index contributed by atoms with van der Waals surface area (Å²) in [4.78, 5) is 11.7. The van der Waals surface area contributed by atoms with Gasteiger partial charge in [-0.05, 0) is 6.92 Å². The molecule has 19 heavy (non-hydrogen) atoms. The molecule has 0 saturated carbocycles. The van der Waals surface area contributed by atoms with E-state index in [2.05, 4.69) is 5.10 Å². The molecule has 6 heteroatoms. The minimum Gasteiger partial charge on any atom is -0.461 e. The number of esters is 1. The maximum atomic E-state index is 11.7. The molecule has 2 heterocycles. The molecular weight excluding hydrogens is 246 g/mol. The average Bonchev–Trinajstić information content (AvgIpc) is 2.87. The first-order valence-electron chi connectivity index (χ1n) is 6.00. The molecule has 0 unspecified atom stereocenters. The first-order valence-corrected chi connectivity index (χ1v) is 6.00. The van der Waals surface area contributed by atoms with Gasteiger partial charge in [-0.2, -0.15) is 5.10 Å². The predicted octanol–water partition coefficient (Wildman–Crippen LogP) is 1.84. The van der Waals surface area contributed by atoms with Gasteiger partial charge in [0, 0.05) is 33.3 Å². The molecule has 0 N–H and O–H groups in total. The Hall–Kier alpha value is -2.24. The largest absolute Gasteiger partial charge is 0.461 e. The van der Waals surface area contributed by atoms with Gasteiger partial charge >= 0.3 is 5.97 Å². The fraction of sp³-hybridized carbons (Fsp3) is 0.385. The highest BCUT2D eigenvalue weighted by molar-refractivity contribution is 5.95. The van der Waals surface area contributed by atoms with Gasteiger partial charge in [0.2, 0.25) is 0 Å². The van der Waals surface area contributed by atoms with Crippen LogP contribution in [0.15, 0.2) is 21.7 Å². The van der Waals surface area contributed by atoms with Crippen molar-refractivity contribution in [2.45, 2.75) is 6.92 Å². The van der Waals surface area contributed by atoms with Crippen molar-refractivity contribution in [3.05, 3.63) is 23.6 Å². The van der Waals surface area contributed by atoms with E-state index < -0.39 is 0 Å². The second-order valence-electron chi connectivity index (χ2n) is 4.30. The quantitative estimate of drug-likeness (QED) is 0.480. The van der Waals surface area contributed by atoms with E-state index in [4.69, 9.17) is 9.15 Å². The van der Waals surface area contributed by atoms with Crippen LogP contribution in [0.4, 0.5) is 0 Å². The van der Waals surface area contributed by atoms with E-state index in [1.807, 2.05) is 20.2 Å². The molecule has 0 aliphatic rings. The van der Waals surface area contributed by atoms with Crippen molar-refractivity contribution in [2.24, 2.45) is 12.1 Å². The second-order valence-corrected chi connectivity index (χ2v) is 4.30. The fourth-order valence-corrected chi connectivity index (χ4v) is 1.77. The summed E-state index contributed by atoms with van der Waals surface area (Å²) in [6, 6.07) is 3.52. The van der Waals surface area contributed by atoms with Gasteiger partial charge in [0.15, 0.2) is 5.58 Å². The number of carbonyl (C=O) groups is 1. The van der Waals surface area contributed by atoms with Crippen LogP contribution in [0.5, 0.6) is 0 Å². The van der Waals surface area contributed by atoms with Gasteiger partial charge in [0.1, 0.15) is 11.5 Å². The van der Waals surface area contributed by atoms with E-state index in [1.54, 1.807) is 35.8 Å². The van der Waals surface area contributed by atoms with Gasteiger partial charge in [-0.15, -0.1) is 0 Å². The summed E-state index contributed by atoms with van der Waals surface area (Å²) in [5, 5.41) is 5.78. The Morgan fingerprint density at radius 2 is 2.26 bits per heavy atom. The smallest absolute Gasteiger partial charge is 0.355 e. The van der Waals surface area contributed by atoms with Gasteiger partial charge in [0.25, 0.3) is 0 Å². The molecule has 0 amide bonds. The number of carbonyl (C=O) groups excluding carboxylic acids is 1. The maximum absolute atomic E-state index is 11.7. The zero-order valence-electron chi connectivity index (χ0n) is 11.5. The van der Waals surface area contributed by atoms with Gasteiger partial charge in [-0.1, -0.05) is 0 Å². The van der Waals surface area contributed by atoms with E-state index in [9.17, 15) is 4.79 Å². The van der Waals surface area contributed by atoms with Crippen molar-refractivity contribution in [3.63, 3.8) is 0 Å². The van der Waals surface area contributed by atoms with E-state index in [0.717, 1.165) is 5.52 Å². The summed E-state index contributed by atoms with van der Waals surface area (Å²) < 4.78 is 12.3. The highest BCUT2D eigenvalue weighted by Gasteiger charge is 2.17. The van der Waals surface area contributed by atoms with E-state index >= 15 is 0 Å². The number of fused-ring (bicyclic) bond motifs is 1. The molecule has 102 valence electrons. The Labute approximate surface area is 111 Å². The average molecular weight is 263 g/mol. The van der Waals surface area contributed by atoms with E-state index in [0.29, 0.717) is 23.6 Å². The number of nitrogens with zero attached hydrogens (tertiary/aromatic N) is 3. The van der Waals surface area contributed by atoms with Crippen molar-refractivity contribution < 1.29 is 13.9 Å². The molecular formula is C13H17N3O3. The van der Waals surface area contributed by atoms with Crippen LogP contribution in [0.2, 0.25) is 0 Å². The lowest BCUT2D eigenvalue weighted by Gasteiger charge is -2.02. The van der Waals surface area contributed by atoms with Crippen LogP contribution < -0.4 is 0 Å². The third kappa shape index (κ3) is 2.62.